The largest absolute Gasteiger partial charge is 0.461 e. The Morgan fingerprint density at radius 2 is 2.06 bits per heavy atom. The molecule has 0 radical (unpaired) electrons. The molecule has 1 heterocycles. The second-order valence-electron chi connectivity index (χ2n) is 3.71. The van der Waals surface area contributed by atoms with Crippen LogP contribution in [0.1, 0.15) is 49.5 Å². The fourth-order valence-corrected chi connectivity index (χ4v) is 1.39. The Kier molecular flexibility index (Phi) is 5.39. The van der Waals surface area contributed by atoms with Crippen molar-refractivity contribution in [2.24, 2.45) is 0 Å². The summed E-state index contributed by atoms with van der Waals surface area (Å²) in [5.74, 6) is -0.478. The van der Waals surface area contributed by atoms with Crippen LogP contribution in [0.3, 0.4) is 0 Å². The number of rotatable bonds is 7. The van der Waals surface area contributed by atoms with Gasteiger partial charge in [0.15, 0.2) is 0 Å². The highest BCUT2D eigenvalue weighted by Crippen LogP contribution is 2.03. The standard InChI is InChI=1S/C11H18N2O3/c1-2-3-4-5-6-7-16-10(14)9-8-12-11(15)13-9/h8H,2-7H2,1H3,(H2,12,13,15). The summed E-state index contributed by atoms with van der Waals surface area (Å²) in [7, 11) is 0. The van der Waals surface area contributed by atoms with E-state index in [0.717, 1.165) is 12.8 Å². The van der Waals surface area contributed by atoms with Crippen LogP contribution >= 0.6 is 0 Å². The van der Waals surface area contributed by atoms with Crippen LogP contribution in [0.15, 0.2) is 11.0 Å². The molecule has 0 bridgehead atoms. The molecule has 0 aliphatic rings. The molecule has 1 rings (SSSR count). The number of ether oxygens (including phenoxy) is 1. The van der Waals surface area contributed by atoms with Gasteiger partial charge < -0.3 is 14.7 Å². The monoisotopic (exact) mass is 226 g/mol. The van der Waals surface area contributed by atoms with Crippen molar-refractivity contribution in [3.05, 3.63) is 22.4 Å². The summed E-state index contributed by atoms with van der Waals surface area (Å²) in [6, 6.07) is 0. The van der Waals surface area contributed by atoms with Gasteiger partial charge in [0.25, 0.3) is 0 Å². The fraction of sp³-hybridized carbons (Fsp3) is 0.636. The van der Waals surface area contributed by atoms with Crippen LogP contribution in [0.25, 0.3) is 0 Å². The van der Waals surface area contributed by atoms with E-state index in [1.807, 2.05) is 0 Å². The lowest BCUT2D eigenvalue weighted by atomic mass is 10.2. The molecule has 0 saturated heterocycles. The van der Waals surface area contributed by atoms with Gasteiger partial charge in [0, 0.05) is 6.20 Å². The van der Waals surface area contributed by atoms with Gasteiger partial charge in [-0.1, -0.05) is 32.6 Å². The average Bonchev–Trinajstić information content (AvgIpc) is 2.70. The molecule has 0 saturated carbocycles. The molecule has 5 nitrogen and oxygen atoms in total. The van der Waals surface area contributed by atoms with E-state index < -0.39 is 11.7 Å². The average molecular weight is 226 g/mol. The van der Waals surface area contributed by atoms with E-state index in [4.69, 9.17) is 4.74 Å². The summed E-state index contributed by atoms with van der Waals surface area (Å²) >= 11 is 0. The Morgan fingerprint density at radius 1 is 1.31 bits per heavy atom. The van der Waals surface area contributed by atoms with Gasteiger partial charge in [-0.2, -0.15) is 0 Å². The lowest BCUT2D eigenvalue weighted by Gasteiger charge is -2.02. The minimum absolute atomic E-state index is 0.179. The van der Waals surface area contributed by atoms with E-state index in [-0.39, 0.29) is 5.69 Å². The zero-order valence-electron chi connectivity index (χ0n) is 9.54. The fourth-order valence-electron chi connectivity index (χ4n) is 1.39. The Labute approximate surface area is 94.2 Å². The maximum atomic E-state index is 11.3. The Morgan fingerprint density at radius 3 is 2.69 bits per heavy atom. The first-order valence-corrected chi connectivity index (χ1v) is 5.69. The molecule has 0 aliphatic heterocycles. The lowest BCUT2D eigenvalue weighted by molar-refractivity contribution is 0.0491. The van der Waals surface area contributed by atoms with E-state index in [2.05, 4.69) is 16.9 Å². The Bertz CT molecular complexity index is 367. The van der Waals surface area contributed by atoms with Crippen molar-refractivity contribution in [2.75, 3.05) is 6.61 Å². The molecule has 0 amide bonds. The minimum Gasteiger partial charge on any atom is -0.461 e. The number of carbonyl (C=O) groups is 1. The van der Waals surface area contributed by atoms with Gasteiger partial charge in [-0.3, -0.25) is 0 Å². The molecule has 1 aromatic heterocycles. The smallest absolute Gasteiger partial charge is 0.356 e. The normalized spacial score (nSPS) is 10.3. The number of aromatic amines is 2. The molecular weight excluding hydrogens is 208 g/mol. The molecule has 0 fully saturated rings. The highest BCUT2D eigenvalue weighted by atomic mass is 16.5. The minimum atomic E-state index is -0.478. The summed E-state index contributed by atoms with van der Waals surface area (Å²) < 4.78 is 4.99. The first-order chi connectivity index (χ1) is 7.74. The number of H-pyrrole nitrogens is 2. The predicted molar refractivity (Wildman–Crippen MR) is 60.5 cm³/mol. The first kappa shape index (κ1) is 12.5. The molecule has 0 aromatic carbocycles. The Hall–Kier alpha value is -1.52. The lowest BCUT2D eigenvalue weighted by Crippen LogP contribution is -2.09. The number of carbonyl (C=O) groups excluding carboxylic acids is 1. The number of imidazole rings is 1. The molecule has 0 spiro atoms. The van der Waals surface area contributed by atoms with E-state index in [0.29, 0.717) is 6.61 Å². The van der Waals surface area contributed by atoms with Crippen molar-refractivity contribution >= 4 is 5.97 Å². The number of hydrogen-bond acceptors (Lipinski definition) is 3. The van der Waals surface area contributed by atoms with Gasteiger partial charge in [0.2, 0.25) is 0 Å². The number of esters is 1. The number of hydrogen-bond donors (Lipinski definition) is 2. The topological polar surface area (TPSA) is 75.0 Å². The summed E-state index contributed by atoms with van der Waals surface area (Å²) in [4.78, 5) is 26.8. The molecule has 90 valence electrons. The van der Waals surface area contributed by atoms with Crippen LogP contribution < -0.4 is 5.69 Å². The number of unbranched alkanes of at least 4 members (excludes halogenated alkanes) is 4. The number of nitrogens with one attached hydrogen (secondary N) is 2. The zero-order chi connectivity index (χ0) is 11.8. The summed E-state index contributed by atoms with van der Waals surface area (Å²) in [5.41, 5.74) is -0.214. The Balaban J connectivity index is 2.14. The molecule has 2 N–H and O–H groups in total. The molecule has 0 aliphatic carbocycles. The maximum absolute atomic E-state index is 11.3. The van der Waals surface area contributed by atoms with Gasteiger partial charge in [-0.15, -0.1) is 0 Å². The second-order valence-corrected chi connectivity index (χ2v) is 3.71. The zero-order valence-corrected chi connectivity index (χ0v) is 9.54. The first-order valence-electron chi connectivity index (χ1n) is 5.69. The van der Waals surface area contributed by atoms with Crippen molar-refractivity contribution in [3.63, 3.8) is 0 Å². The molecule has 1 aromatic rings. The van der Waals surface area contributed by atoms with Gasteiger partial charge in [0.05, 0.1) is 6.61 Å². The van der Waals surface area contributed by atoms with Gasteiger partial charge >= 0.3 is 11.7 Å². The van der Waals surface area contributed by atoms with Gasteiger partial charge in [0.1, 0.15) is 5.69 Å². The van der Waals surface area contributed by atoms with Crippen LogP contribution in [0.2, 0.25) is 0 Å². The summed E-state index contributed by atoms with van der Waals surface area (Å²) in [6.45, 7) is 2.57. The second kappa shape index (κ2) is 6.87. The van der Waals surface area contributed by atoms with Crippen molar-refractivity contribution in [3.8, 4) is 0 Å². The third-order valence-electron chi connectivity index (χ3n) is 2.30. The van der Waals surface area contributed by atoms with Crippen LogP contribution in [-0.4, -0.2) is 22.5 Å². The third kappa shape index (κ3) is 4.33. The predicted octanol–water partition coefficient (Wildman–Crippen LogP) is 1.83. The van der Waals surface area contributed by atoms with Crippen molar-refractivity contribution in [1.82, 2.24) is 9.97 Å². The van der Waals surface area contributed by atoms with Crippen molar-refractivity contribution in [1.29, 1.82) is 0 Å². The van der Waals surface area contributed by atoms with E-state index in [9.17, 15) is 9.59 Å². The highest BCUT2D eigenvalue weighted by molar-refractivity contribution is 5.86. The van der Waals surface area contributed by atoms with Crippen LogP contribution in [-0.2, 0) is 4.74 Å². The quantitative estimate of drug-likeness (QED) is 0.550. The molecular formula is C11H18N2O3. The molecule has 0 unspecified atom stereocenters. The molecule has 0 atom stereocenters. The van der Waals surface area contributed by atoms with Crippen LogP contribution in [0.4, 0.5) is 0 Å². The molecule has 5 heteroatoms. The highest BCUT2D eigenvalue weighted by Gasteiger charge is 2.08. The van der Waals surface area contributed by atoms with Crippen molar-refractivity contribution < 1.29 is 9.53 Å². The summed E-state index contributed by atoms with van der Waals surface area (Å²) in [6.07, 6.45) is 6.87. The van der Waals surface area contributed by atoms with Gasteiger partial charge in [-0.25, -0.2) is 9.59 Å². The van der Waals surface area contributed by atoms with E-state index in [1.54, 1.807) is 0 Å². The van der Waals surface area contributed by atoms with Crippen LogP contribution in [0.5, 0.6) is 0 Å². The van der Waals surface area contributed by atoms with Crippen LogP contribution in [0, 0.1) is 0 Å². The molecule has 16 heavy (non-hydrogen) atoms. The SMILES string of the molecule is CCCCCCCOC(=O)c1c[nH]c(=O)[nH]1. The van der Waals surface area contributed by atoms with E-state index in [1.165, 1.54) is 25.5 Å². The van der Waals surface area contributed by atoms with E-state index >= 15 is 0 Å². The van der Waals surface area contributed by atoms with Crippen molar-refractivity contribution in [2.45, 2.75) is 39.0 Å². The summed E-state index contributed by atoms with van der Waals surface area (Å²) in [5, 5.41) is 0. The number of aromatic nitrogens is 2. The maximum Gasteiger partial charge on any atom is 0.356 e. The third-order valence-corrected chi connectivity index (χ3v) is 2.30. The van der Waals surface area contributed by atoms with Gasteiger partial charge in [-0.05, 0) is 6.42 Å².